The molecule has 0 aliphatic carbocycles. The summed E-state index contributed by atoms with van der Waals surface area (Å²) in [4.78, 5) is 32.9. The number of carbonyl (C=O) groups excluding carboxylic acids is 2. The van der Waals surface area contributed by atoms with Gasteiger partial charge in [0.25, 0.3) is 11.8 Å². The minimum atomic E-state index is -0.241. The molecule has 2 heterocycles. The monoisotopic (exact) mass is 541 g/mol. The molecule has 3 aromatic rings. The van der Waals surface area contributed by atoms with E-state index < -0.39 is 0 Å². The first-order valence-electron chi connectivity index (χ1n) is 13.0. The number of benzene rings is 3. The predicted octanol–water partition coefficient (Wildman–Crippen LogP) is 6.10. The van der Waals surface area contributed by atoms with Gasteiger partial charge in [-0.15, -0.1) is 0 Å². The maximum absolute atomic E-state index is 13.4. The lowest BCUT2D eigenvalue weighted by Crippen LogP contribution is -2.36. The van der Waals surface area contributed by atoms with E-state index in [0.717, 1.165) is 42.0 Å². The zero-order chi connectivity index (χ0) is 27.2. The Morgan fingerprint density at radius 1 is 1.10 bits per heavy atom. The van der Waals surface area contributed by atoms with E-state index >= 15 is 0 Å². The molecule has 1 atom stereocenters. The number of aryl methyl sites for hydroxylation is 2. The van der Waals surface area contributed by atoms with Crippen LogP contribution in [0, 0.1) is 13.8 Å². The lowest BCUT2D eigenvalue weighted by atomic mass is 10.1. The molecule has 0 bridgehead atoms. The fourth-order valence-corrected chi connectivity index (χ4v) is 5.38. The zero-order valence-electron chi connectivity index (χ0n) is 22.1. The maximum atomic E-state index is 13.4. The van der Waals surface area contributed by atoms with Crippen LogP contribution in [-0.4, -0.2) is 47.7 Å². The summed E-state index contributed by atoms with van der Waals surface area (Å²) < 4.78 is 11.6. The van der Waals surface area contributed by atoms with E-state index in [9.17, 15) is 9.59 Å². The van der Waals surface area contributed by atoms with Gasteiger partial charge in [0.2, 0.25) is 0 Å². The highest BCUT2D eigenvalue weighted by molar-refractivity contribution is 8.18. The molecule has 2 aliphatic rings. The molecule has 5 rings (SSSR count). The first kappa shape index (κ1) is 26.7. The molecule has 0 spiro atoms. The van der Waals surface area contributed by atoms with E-state index in [4.69, 9.17) is 14.5 Å². The van der Waals surface area contributed by atoms with Crippen molar-refractivity contribution >= 4 is 46.2 Å². The molecule has 0 unspecified atom stereocenters. The van der Waals surface area contributed by atoms with E-state index in [2.05, 4.69) is 5.32 Å². The van der Waals surface area contributed by atoms with E-state index in [-0.39, 0.29) is 24.5 Å². The molecule has 7 nitrogen and oxygen atoms in total. The van der Waals surface area contributed by atoms with Crippen LogP contribution in [0.2, 0.25) is 0 Å². The van der Waals surface area contributed by atoms with E-state index in [1.807, 2.05) is 86.7 Å². The minimum absolute atomic E-state index is 0.0153. The molecule has 1 N–H and O–H groups in total. The molecule has 0 saturated carbocycles. The third kappa shape index (κ3) is 6.96. The number of hydrogen-bond donors (Lipinski definition) is 1. The highest BCUT2D eigenvalue weighted by Crippen LogP contribution is 2.35. The van der Waals surface area contributed by atoms with E-state index in [0.29, 0.717) is 22.4 Å². The van der Waals surface area contributed by atoms with Gasteiger partial charge >= 0.3 is 0 Å². The van der Waals surface area contributed by atoms with Crippen LogP contribution in [-0.2, 0) is 14.3 Å². The minimum Gasteiger partial charge on any atom is -0.484 e. The fourth-order valence-electron chi connectivity index (χ4n) is 4.37. The smallest absolute Gasteiger partial charge is 0.266 e. The van der Waals surface area contributed by atoms with Crippen molar-refractivity contribution in [3.63, 3.8) is 0 Å². The third-order valence-electron chi connectivity index (χ3n) is 6.60. The van der Waals surface area contributed by atoms with Crippen molar-refractivity contribution < 1.29 is 19.1 Å². The summed E-state index contributed by atoms with van der Waals surface area (Å²) in [6, 6.07) is 22.8. The fraction of sp³-hybridized carbons (Fsp3) is 0.258. The summed E-state index contributed by atoms with van der Waals surface area (Å²) in [7, 11) is 0. The first-order chi connectivity index (χ1) is 18.9. The number of nitrogens with one attached hydrogen (secondary N) is 1. The van der Waals surface area contributed by atoms with Crippen molar-refractivity contribution in [3.8, 4) is 5.75 Å². The normalized spacial score (nSPS) is 19.2. The summed E-state index contributed by atoms with van der Waals surface area (Å²) in [6.07, 6.45) is 3.79. The molecule has 0 aromatic heterocycles. The average molecular weight is 542 g/mol. The summed E-state index contributed by atoms with van der Waals surface area (Å²) in [5.74, 6) is 0.212. The molecule has 39 heavy (non-hydrogen) atoms. The lowest BCUT2D eigenvalue weighted by molar-refractivity contribution is -0.123. The number of amidine groups is 1. The second kappa shape index (κ2) is 12.3. The number of rotatable bonds is 8. The second-order valence-electron chi connectivity index (χ2n) is 9.60. The van der Waals surface area contributed by atoms with Gasteiger partial charge in [-0.2, -0.15) is 0 Å². The van der Waals surface area contributed by atoms with Crippen molar-refractivity contribution in [2.75, 3.05) is 25.1 Å². The van der Waals surface area contributed by atoms with E-state index in [1.165, 1.54) is 17.3 Å². The van der Waals surface area contributed by atoms with Crippen molar-refractivity contribution in [3.05, 3.63) is 94.4 Å². The van der Waals surface area contributed by atoms with Crippen LogP contribution in [0.1, 0.15) is 29.5 Å². The molecular weight excluding hydrogens is 510 g/mol. The third-order valence-corrected chi connectivity index (χ3v) is 7.60. The lowest BCUT2D eigenvalue weighted by Gasteiger charge is -2.19. The summed E-state index contributed by atoms with van der Waals surface area (Å²) >= 11 is 1.35. The number of carbonyl (C=O) groups is 2. The predicted molar refractivity (Wildman–Crippen MR) is 156 cm³/mol. The molecule has 0 radical (unpaired) electrons. The molecule has 8 heteroatoms. The zero-order valence-corrected chi connectivity index (χ0v) is 22.9. The number of anilines is 1. The van der Waals surface area contributed by atoms with Gasteiger partial charge in [-0.05, 0) is 97.6 Å². The topological polar surface area (TPSA) is 80.2 Å². The van der Waals surface area contributed by atoms with Gasteiger partial charge in [-0.3, -0.25) is 14.5 Å². The Kier molecular flexibility index (Phi) is 8.44. The van der Waals surface area contributed by atoms with Gasteiger partial charge in [0, 0.05) is 12.3 Å². The van der Waals surface area contributed by atoms with Gasteiger partial charge in [0.05, 0.1) is 23.2 Å². The Hall–Kier alpha value is -3.88. The molecule has 200 valence electrons. The van der Waals surface area contributed by atoms with Gasteiger partial charge in [0.15, 0.2) is 11.8 Å². The molecule has 3 aromatic carbocycles. The van der Waals surface area contributed by atoms with Crippen LogP contribution < -0.4 is 10.1 Å². The molecular formula is C31H31N3O4S. The van der Waals surface area contributed by atoms with Crippen LogP contribution in [0.3, 0.4) is 0 Å². The first-order valence-corrected chi connectivity index (χ1v) is 13.8. The maximum Gasteiger partial charge on any atom is 0.266 e. The molecule has 2 amide bonds. The Morgan fingerprint density at radius 2 is 1.95 bits per heavy atom. The highest BCUT2D eigenvalue weighted by atomic mass is 32.2. The van der Waals surface area contributed by atoms with Crippen LogP contribution in [0.4, 0.5) is 11.4 Å². The molecule has 2 saturated heterocycles. The van der Waals surface area contributed by atoms with Gasteiger partial charge in [-0.1, -0.05) is 36.4 Å². The van der Waals surface area contributed by atoms with Crippen LogP contribution in [0.5, 0.6) is 5.75 Å². The largest absolute Gasteiger partial charge is 0.484 e. The number of para-hydroxylation sites is 1. The summed E-state index contributed by atoms with van der Waals surface area (Å²) in [6.45, 7) is 5.12. The molecule has 2 fully saturated rings. The summed E-state index contributed by atoms with van der Waals surface area (Å²) in [5.41, 5.74) is 4.61. The van der Waals surface area contributed by atoms with Gasteiger partial charge in [0.1, 0.15) is 5.75 Å². The number of amides is 2. The Balaban J connectivity index is 1.28. The van der Waals surface area contributed by atoms with Gasteiger partial charge in [-0.25, -0.2) is 4.99 Å². The van der Waals surface area contributed by atoms with Crippen LogP contribution >= 0.6 is 11.8 Å². The van der Waals surface area contributed by atoms with Crippen LogP contribution in [0.15, 0.2) is 82.7 Å². The number of ether oxygens (including phenoxy) is 2. The van der Waals surface area contributed by atoms with Crippen LogP contribution in [0.25, 0.3) is 6.08 Å². The number of hydrogen-bond acceptors (Lipinski definition) is 6. The Labute approximate surface area is 232 Å². The average Bonchev–Trinajstić information content (AvgIpc) is 3.55. The van der Waals surface area contributed by atoms with Crippen molar-refractivity contribution in [2.24, 2.45) is 4.99 Å². The van der Waals surface area contributed by atoms with E-state index in [1.54, 1.807) is 11.0 Å². The Morgan fingerprint density at radius 3 is 2.72 bits per heavy atom. The highest BCUT2D eigenvalue weighted by Gasteiger charge is 2.35. The number of aliphatic imine (C=N–C) groups is 1. The molecule has 2 aliphatic heterocycles. The van der Waals surface area contributed by atoms with Gasteiger partial charge < -0.3 is 14.8 Å². The summed E-state index contributed by atoms with van der Waals surface area (Å²) in [5, 5.41) is 3.51. The SMILES string of the molecule is Cc1ccc(NC(=O)COc2cccc(/C=C3\SC(=Nc4ccccc4)N(C[C@H]4CCCO4)C3=O)c2)cc1C. The Bertz CT molecular complexity index is 1410. The quantitative estimate of drug-likeness (QED) is 0.349. The number of thioether (sulfide) groups is 1. The van der Waals surface area contributed by atoms with Crippen molar-refractivity contribution in [2.45, 2.75) is 32.8 Å². The van der Waals surface area contributed by atoms with Crippen molar-refractivity contribution in [1.29, 1.82) is 0 Å². The van der Waals surface area contributed by atoms with Crippen molar-refractivity contribution in [1.82, 2.24) is 4.90 Å². The second-order valence-corrected chi connectivity index (χ2v) is 10.6. The number of nitrogens with zero attached hydrogens (tertiary/aromatic N) is 2. The standard InChI is InChI=1S/C31H31N3O4S/c1-21-13-14-25(16-22(21)2)32-29(35)20-38-26-11-6-8-23(17-26)18-28-30(36)34(19-27-12-7-15-37-27)31(39-28)33-24-9-4-3-5-10-24/h3-6,8-11,13-14,16-18,27H,7,12,15,19-20H2,1-2H3,(H,32,35)/b28-18-,33-31?/t27-/m1/s1.